The maximum atomic E-state index is 5.67. The number of nitrogens with one attached hydrogen (secondary N) is 1. The van der Waals surface area contributed by atoms with Gasteiger partial charge in [0.2, 0.25) is 16.5 Å². The number of nitrogens with zero attached hydrogens (tertiary/aromatic N) is 4. The Labute approximate surface area is 105 Å². The predicted molar refractivity (Wildman–Crippen MR) is 66.1 cm³/mol. The zero-order valence-corrected chi connectivity index (χ0v) is 11.0. The Morgan fingerprint density at radius 1 is 1.19 bits per heavy atom. The number of halogens is 2. The third kappa shape index (κ3) is 4.92. The van der Waals surface area contributed by atoms with E-state index in [-0.39, 0.29) is 16.6 Å². The van der Waals surface area contributed by atoms with E-state index in [9.17, 15) is 0 Å². The molecule has 0 fully saturated rings. The summed E-state index contributed by atoms with van der Waals surface area (Å²) in [6.07, 6.45) is 0.980. The quantitative estimate of drug-likeness (QED) is 0.880. The molecule has 5 nitrogen and oxygen atoms in total. The molecule has 1 heterocycles. The van der Waals surface area contributed by atoms with Crippen LogP contribution in [0.5, 0.6) is 0 Å². The van der Waals surface area contributed by atoms with Gasteiger partial charge < -0.3 is 10.2 Å². The summed E-state index contributed by atoms with van der Waals surface area (Å²) in [5.74, 6) is 0.413. The van der Waals surface area contributed by atoms with Crippen LogP contribution in [0.2, 0.25) is 10.6 Å². The average molecular weight is 264 g/mol. The lowest BCUT2D eigenvalue weighted by molar-refractivity contribution is 0.390. The van der Waals surface area contributed by atoms with Gasteiger partial charge in [-0.1, -0.05) is 0 Å². The zero-order chi connectivity index (χ0) is 12.1. The van der Waals surface area contributed by atoms with E-state index in [2.05, 4.69) is 32.1 Å². The van der Waals surface area contributed by atoms with Gasteiger partial charge in [0.15, 0.2) is 0 Å². The summed E-state index contributed by atoms with van der Waals surface area (Å²) in [5.41, 5.74) is 0. The normalized spacial score (nSPS) is 12.9. The van der Waals surface area contributed by atoms with Crippen molar-refractivity contribution in [2.24, 2.45) is 0 Å². The lowest BCUT2D eigenvalue weighted by atomic mass is 10.2. The molecule has 16 heavy (non-hydrogen) atoms. The molecule has 7 heteroatoms. The Morgan fingerprint density at radius 2 is 1.75 bits per heavy atom. The van der Waals surface area contributed by atoms with Gasteiger partial charge in [0, 0.05) is 6.04 Å². The van der Waals surface area contributed by atoms with E-state index in [1.807, 2.05) is 14.1 Å². The number of anilines is 1. The molecule has 0 bridgehead atoms. The van der Waals surface area contributed by atoms with E-state index >= 15 is 0 Å². The summed E-state index contributed by atoms with van der Waals surface area (Å²) >= 11 is 11.3. The van der Waals surface area contributed by atoms with E-state index < -0.39 is 0 Å². The molecule has 1 atom stereocenters. The molecule has 0 spiro atoms. The fourth-order valence-electron chi connectivity index (χ4n) is 1.13. The highest BCUT2D eigenvalue weighted by atomic mass is 35.5. The van der Waals surface area contributed by atoms with Crippen LogP contribution in [-0.2, 0) is 0 Å². The Morgan fingerprint density at radius 3 is 2.25 bits per heavy atom. The molecule has 1 unspecified atom stereocenters. The van der Waals surface area contributed by atoms with Crippen LogP contribution in [0, 0.1) is 0 Å². The van der Waals surface area contributed by atoms with Gasteiger partial charge in [0.1, 0.15) is 0 Å². The summed E-state index contributed by atoms with van der Waals surface area (Å²) in [7, 11) is 4.06. The second-order valence-corrected chi connectivity index (χ2v) is 4.51. The van der Waals surface area contributed by atoms with Crippen molar-refractivity contribution in [3.63, 3.8) is 0 Å². The average Bonchev–Trinajstić information content (AvgIpc) is 2.12. The van der Waals surface area contributed by atoms with Crippen molar-refractivity contribution >= 4 is 29.2 Å². The van der Waals surface area contributed by atoms with Crippen molar-refractivity contribution in [3.8, 4) is 0 Å². The molecule has 90 valence electrons. The molecule has 1 N–H and O–H groups in total. The number of rotatable bonds is 5. The molecule has 1 aromatic heterocycles. The maximum absolute atomic E-state index is 5.67. The first kappa shape index (κ1) is 13.4. The molecule has 0 aromatic carbocycles. The highest BCUT2D eigenvalue weighted by Gasteiger charge is 2.07. The first-order valence-corrected chi connectivity index (χ1v) is 5.71. The largest absolute Gasteiger partial charge is 0.352 e. The van der Waals surface area contributed by atoms with Gasteiger partial charge >= 0.3 is 0 Å². The number of aromatic nitrogens is 3. The molecule has 0 amide bonds. The molecule has 1 rings (SSSR count). The van der Waals surface area contributed by atoms with Crippen LogP contribution in [0.3, 0.4) is 0 Å². The van der Waals surface area contributed by atoms with Gasteiger partial charge in [-0.25, -0.2) is 0 Å². The minimum Gasteiger partial charge on any atom is -0.352 e. The van der Waals surface area contributed by atoms with Crippen LogP contribution in [0.15, 0.2) is 0 Å². The van der Waals surface area contributed by atoms with Gasteiger partial charge in [-0.3, -0.25) is 0 Å². The van der Waals surface area contributed by atoms with E-state index in [0.29, 0.717) is 5.95 Å². The highest BCUT2D eigenvalue weighted by Crippen LogP contribution is 2.11. The summed E-state index contributed by atoms with van der Waals surface area (Å²) in [4.78, 5) is 13.7. The molecule has 0 aliphatic rings. The standard InChI is InChI=1S/C9H15Cl2N5/c1-6(4-5-16(2)3)12-9-14-7(10)13-8(11)15-9/h6H,4-5H2,1-3H3,(H,12,13,14,15). The zero-order valence-electron chi connectivity index (χ0n) is 9.54. The fraction of sp³-hybridized carbons (Fsp3) is 0.667. The second-order valence-electron chi connectivity index (χ2n) is 3.83. The van der Waals surface area contributed by atoms with Crippen LogP contribution in [0.4, 0.5) is 5.95 Å². The second kappa shape index (κ2) is 6.18. The third-order valence-corrected chi connectivity index (χ3v) is 2.30. The molecule has 0 aliphatic heterocycles. The monoisotopic (exact) mass is 263 g/mol. The Hall–Kier alpha value is -0.650. The molecule has 1 aromatic rings. The van der Waals surface area contributed by atoms with Crippen molar-refractivity contribution in [2.75, 3.05) is 26.0 Å². The summed E-state index contributed by atoms with van der Waals surface area (Å²) in [5, 5.41) is 3.32. The van der Waals surface area contributed by atoms with Crippen molar-refractivity contribution < 1.29 is 0 Å². The molecular formula is C9H15Cl2N5. The molecule has 0 radical (unpaired) electrons. The summed E-state index contributed by atoms with van der Waals surface area (Å²) in [6, 6.07) is 0.247. The van der Waals surface area contributed by atoms with Gasteiger partial charge in [-0.15, -0.1) is 0 Å². The lowest BCUT2D eigenvalue weighted by Gasteiger charge is -2.16. The fourth-order valence-corrected chi connectivity index (χ4v) is 1.50. The van der Waals surface area contributed by atoms with E-state index in [1.54, 1.807) is 0 Å². The Bertz CT molecular complexity index is 324. The van der Waals surface area contributed by atoms with Crippen LogP contribution < -0.4 is 5.32 Å². The Kier molecular flexibility index (Phi) is 5.18. The van der Waals surface area contributed by atoms with Gasteiger partial charge in [0.05, 0.1) is 0 Å². The molecule has 0 saturated heterocycles. The van der Waals surface area contributed by atoms with Gasteiger partial charge in [-0.2, -0.15) is 15.0 Å². The van der Waals surface area contributed by atoms with E-state index in [1.165, 1.54) is 0 Å². The first-order chi connectivity index (χ1) is 7.47. The van der Waals surface area contributed by atoms with Crippen molar-refractivity contribution in [3.05, 3.63) is 10.6 Å². The van der Waals surface area contributed by atoms with Crippen molar-refractivity contribution in [1.29, 1.82) is 0 Å². The van der Waals surface area contributed by atoms with Crippen LogP contribution in [0.1, 0.15) is 13.3 Å². The summed E-state index contributed by atoms with van der Waals surface area (Å²) in [6.45, 7) is 3.04. The SMILES string of the molecule is CC(CCN(C)C)Nc1nc(Cl)nc(Cl)n1. The third-order valence-electron chi connectivity index (χ3n) is 1.97. The van der Waals surface area contributed by atoms with Crippen molar-refractivity contribution in [2.45, 2.75) is 19.4 Å². The Balaban J connectivity index is 2.52. The lowest BCUT2D eigenvalue weighted by Crippen LogP contribution is -2.24. The molecule has 0 aliphatic carbocycles. The number of hydrogen-bond acceptors (Lipinski definition) is 5. The molecular weight excluding hydrogens is 249 g/mol. The van der Waals surface area contributed by atoms with Crippen molar-refractivity contribution in [1.82, 2.24) is 19.9 Å². The summed E-state index contributed by atoms with van der Waals surface area (Å²) < 4.78 is 0. The van der Waals surface area contributed by atoms with Gasteiger partial charge in [0.25, 0.3) is 0 Å². The predicted octanol–water partition coefficient (Wildman–Crippen LogP) is 1.93. The van der Waals surface area contributed by atoms with E-state index in [0.717, 1.165) is 13.0 Å². The van der Waals surface area contributed by atoms with E-state index in [4.69, 9.17) is 23.2 Å². The van der Waals surface area contributed by atoms with Crippen LogP contribution in [0.25, 0.3) is 0 Å². The topological polar surface area (TPSA) is 53.9 Å². The minimum atomic E-state index is 0.0994. The maximum Gasteiger partial charge on any atom is 0.228 e. The highest BCUT2D eigenvalue weighted by molar-refractivity contribution is 6.31. The molecule has 0 saturated carbocycles. The van der Waals surface area contributed by atoms with Crippen LogP contribution in [-0.4, -0.2) is 46.5 Å². The minimum absolute atomic E-state index is 0.0994. The smallest absolute Gasteiger partial charge is 0.228 e. The van der Waals surface area contributed by atoms with Gasteiger partial charge in [-0.05, 0) is 57.2 Å². The first-order valence-electron chi connectivity index (χ1n) is 4.95. The number of hydrogen-bond donors (Lipinski definition) is 1. The van der Waals surface area contributed by atoms with Crippen LogP contribution >= 0.6 is 23.2 Å².